The van der Waals surface area contributed by atoms with Crippen molar-refractivity contribution >= 4 is 169 Å². The average Bonchev–Trinajstić information content (AvgIpc) is 1.55. The van der Waals surface area contributed by atoms with Gasteiger partial charge in [0, 0.05) is 0 Å². The van der Waals surface area contributed by atoms with Gasteiger partial charge in [0.1, 0.15) is 0 Å². The van der Waals surface area contributed by atoms with E-state index in [0.717, 1.165) is 145 Å². The van der Waals surface area contributed by atoms with Crippen molar-refractivity contribution < 1.29 is 0 Å². The van der Waals surface area contributed by atoms with Gasteiger partial charge in [0.2, 0.25) is 0 Å². The number of aliphatic imine (C=N–C) groups is 4. The van der Waals surface area contributed by atoms with Crippen molar-refractivity contribution in [3.05, 3.63) is 324 Å². The molecule has 0 atom stereocenters. The predicted octanol–water partition coefficient (Wildman–Crippen LogP) is 21.7. The Bertz CT molecular complexity index is 5360. The second-order valence-electron chi connectivity index (χ2n) is 22.7. The molecule has 0 N–H and O–H groups in total. The topological polar surface area (TPSA) is 84.0 Å². The zero-order valence-electron chi connectivity index (χ0n) is 51.1. The third-order valence-electron chi connectivity index (χ3n) is 16.5. The van der Waals surface area contributed by atoms with Gasteiger partial charge < -0.3 is 0 Å². The van der Waals surface area contributed by atoms with Crippen molar-refractivity contribution in [1.82, 2.24) is 6.55 Å². The summed E-state index contributed by atoms with van der Waals surface area (Å²) in [5.74, 6) is 3.91. The Morgan fingerprint density at radius 3 is 0.649 bits per heavy atom. The van der Waals surface area contributed by atoms with Crippen LogP contribution in [0.15, 0.2) is 399 Å². The molecule has 0 amide bonds. The summed E-state index contributed by atoms with van der Waals surface area (Å²) in [5, 5.41) is 3.94. The molecule has 17 heteroatoms. The van der Waals surface area contributed by atoms with Crippen LogP contribution in [0, 0.1) is 0 Å². The third kappa shape index (κ3) is 11.9. The summed E-state index contributed by atoms with van der Waals surface area (Å²) >= 11 is 11.6. The molecule has 4 aliphatic heterocycles. The summed E-state index contributed by atoms with van der Waals surface area (Å²) in [6.07, 6.45) is 0. The van der Waals surface area contributed by atoms with Crippen molar-refractivity contribution in [2.45, 2.75) is 78.3 Å². The van der Waals surface area contributed by atoms with E-state index in [2.05, 4.69) is 298 Å². The van der Waals surface area contributed by atoms with Crippen molar-refractivity contribution in [3.8, 4) is 0 Å². The van der Waals surface area contributed by atoms with Crippen molar-refractivity contribution in [1.29, 1.82) is 0 Å². The van der Waals surface area contributed by atoms with Crippen molar-refractivity contribution in [2.24, 2.45) is 30.0 Å². The number of fused-ring (bicyclic) bond motifs is 14. The summed E-state index contributed by atoms with van der Waals surface area (Å²) in [7, 11) is 0. The number of aromatic nitrogens is 2. The van der Waals surface area contributed by atoms with Gasteiger partial charge in [-0.25, -0.2) is 0 Å². The van der Waals surface area contributed by atoms with Gasteiger partial charge in [-0.05, 0) is 0 Å². The first-order valence-corrected chi connectivity index (χ1v) is 40.0. The number of benzene rings is 12. The number of hydrogen-bond acceptors (Lipinski definition) is 14. The molecule has 2 aromatic heterocycles. The molecule has 14 aromatic rings. The Morgan fingerprint density at radius 1 is 0.196 bits per heavy atom. The minimum absolute atomic E-state index is 0.590. The minimum atomic E-state index is -2.25. The van der Waals surface area contributed by atoms with Gasteiger partial charge in [0.05, 0.1) is 0 Å². The molecule has 18 rings (SSSR count). The molecule has 1 radical (unpaired) electrons. The van der Waals surface area contributed by atoms with Crippen LogP contribution in [0.5, 0.6) is 0 Å². The van der Waals surface area contributed by atoms with Crippen LogP contribution in [0.4, 0.5) is 11.6 Å². The predicted molar refractivity (Wildman–Crippen MR) is 406 cm³/mol. The van der Waals surface area contributed by atoms with Gasteiger partial charge in [0.25, 0.3) is 0 Å². The molecule has 0 saturated carbocycles. The summed E-state index contributed by atoms with van der Waals surface area (Å²) in [5.41, 5.74) is 5.27. The van der Waals surface area contributed by atoms with Gasteiger partial charge in [-0.15, -0.1) is 0 Å². The first kappa shape index (κ1) is 60.8. The molecule has 0 aliphatic carbocycles. The zero-order valence-corrected chi connectivity index (χ0v) is 60.1. The van der Waals surface area contributed by atoms with E-state index in [4.69, 9.17) is 30.0 Å². The second-order valence-corrected chi connectivity index (χ2v) is 34.3. The molecule has 0 fully saturated rings. The quantitative estimate of drug-likeness (QED) is 0.0885. The van der Waals surface area contributed by atoms with Crippen LogP contribution in [0.25, 0.3) is 21.5 Å². The molecule has 0 saturated heterocycles. The molecule has 0 spiro atoms. The van der Waals surface area contributed by atoms with Crippen LogP contribution in [0.1, 0.15) is 22.3 Å². The van der Waals surface area contributed by atoms with Gasteiger partial charge in [-0.3, -0.25) is 0 Å². The Hall–Kier alpha value is -8.56. The maximum atomic E-state index is 6.18. The standard InChI is InChI=1S/C80H48N8S8.Ga/c1-9-25-49(26-10-1)89-57-41-42-58(90-50-27-11-2-12-28-50)66-65(57)73-81-74(66)86-76-69-61(93-53-33-17-5-18-34-53)45-46-62(94-54-35-19-6-20-36-54)70(69)78(83-76)88-80-72-64(96-56-39-23-8-24-40-56)48-47-63(95-55-37-21-7-22-38-55)71(72)79(84-80)87-77-68-60(92-52-31-15-4-16-32-52)44-43-59(67(68)75(82-77)85-73)91-51-29-13-3-14-30-51;/h1-48H;/q-2;+2. The van der Waals surface area contributed by atoms with Crippen LogP contribution in [-0.4, -0.2) is 47.8 Å². The summed E-state index contributed by atoms with van der Waals surface area (Å²) in [4.78, 5) is 53.6. The Labute approximate surface area is 601 Å². The molecule has 12 aromatic carbocycles. The fourth-order valence-corrected chi connectivity index (χ4v) is 23.0. The molecule has 4 aliphatic rings. The van der Waals surface area contributed by atoms with E-state index < -0.39 is 17.9 Å². The maximum absolute atomic E-state index is 6.18. The molecule has 97 heavy (non-hydrogen) atoms. The van der Waals surface area contributed by atoms with E-state index in [1.54, 1.807) is 94.1 Å². The molecule has 0 unspecified atom stereocenters. The molecule has 6 heterocycles. The van der Waals surface area contributed by atoms with Crippen LogP contribution in [0.3, 0.4) is 0 Å². The van der Waals surface area contributed by atoms with E-state index in [0.29, 0.717) is 23.3 Å². The molecular weight excluding hydrogens is 1400 g/mol. The number of nitrogens with zero attached hydrogens (tertiary/aromatic N) is 8. The van der Waals surface area contributed by atoms with E-state index in [-0.39, 0.29) is 0 Å². The monoisotopic (exact) mass is 1450 g/mol. The first-order chi connectivity index (χ1) is 48.0. The normalized spacial score (nSPS) is 13.2. The van der Waals surface area contributed by atoms with Gasteiger partial charge in [0.15, 0.2) is 0 Å². The summed E-state index contributed by atoms with van der Waals surface area (Å²) in [6.45, 7) is 0. The molecule has 8 nitrogen and oxygen atoms in total. The number of hydrogen-bond donors (Lipinski definition) is 0. The molecular formula is C80H48GaN8S8. The Balaban J connectivity index is 1.04. The Kier molecular flexibility index (Phi) is 16.7. The van der Waals surface area contributed by atoms with Crippen LogP contribution in [0.2, 0.25) is 0 Å². The third-order valence-corrected chi connectivity index (χ3v) is 28.1. The van der Waals surface area contributed by atoms with E-state index in [1.165, 1.54) is 0 Å². The van der Waals surface area contributed by atoms with Gasteiger partial charge in [-0.2, -0.15) is 0 Å². The Morgan fingerprint density at radius 2 is 0.402 bits per heavy atom. The first-order valence-electron chi connectivity index (χ1n) is 31.3. The molecule has 6 bridgehead atoms. The number of rotatable bonds is 16. The van der Waals surface area contributed by atoms with E-state index >= 15 is 0 Å². The SMILES string of the molecule is c1ccc(Sc2ccc(Sc3ccccc3)c3c2C2=NC3=Nc3c4c(Sc5ccccc5)ccc(Sc5ccccc5)c4c4[n]3[Ga][n]3c(c5c(Sc6ccccc6)ccc(Sc6ccccc6)c5c3=NC3=NC(=N4)c4c(Sc5ccccc5)ccc(Sc5ccccc5)c43)=N2)cc1. The van der Waals surface area contributed by atoms with Crippen LogP contribution < -0.4 is 11.0 Å². The van der Waals surface area contributed by atoms with E-state index in [1.807, 2.05) is 0 Å². The fourth-order valence-electron chi connectivity index (χ4n) is 12.2. The van der Waals surface area contributed by atoms with E-state index in [9.17, 15) is 0 Å². The van der Waals surface area contributed by atoms with Crippen molar-refractivity contribution in [3.63, 3.8) is 0 Å². The van der Waals surface area contributed by atoms with Gasteiger partial charge in [-0.1, -0.05) is 0 Å². The molecule has 459 valence electrons. The van der Waals surface area contributed by atoms with Gasteiger partial charge >= 0.3 is 608 Å². The second kappa shape index (κ2) is 26.7. The number of amidine groups is 4. The average molecular weight is 1450 g/mol. The summed E-state index contributed by atoms with van der Waals surface area (Å²) in [6, 6.07) is 104. The zero-order chi connectivity index (χ0) is 64.2. The van der Waals surface area contributed by atoms with Crippen LogP contribution in [-0.2, 0) is 0 Å². The fraction of sp³-hybridized carbons (Fsp3) is 0. The summed E-state index contributed by atoms with van der Waals surface area (Å²) < 4.78 is 4.97. The van der Waals surface area contributed by atoms with Crippen molar-refractivity contribution in [2.75, 3.05) is 0 Å². The van der Waals surface area contributed by atoms with Crippen LogP contribution >= 0.6 is 94.1 Å².